The van der Waals surface area contributed by atoms with E-state index in [1.54, 1.807) is 0 Å². The molecule has 1 atom stereocenters. The second-order valence-electron chi connectivity index (χ2n) is 1.28. The van der Waals surface area contributed by atoms with Crippen molar-refractivity contribution in [3.63, 3.8) is 0 Å². The summed E-state index contributed by atoms with van der Waals surface area (Å²) in [5, 5.41) is 0.253. The van der Waals surface area contributed by atoms with Gasteiger partial charge in [-0.1, -0.05) is 11.8 Å². The summed E-state index contributed by atoms with van der Waals surface area (Å²) in [7, 11) is 0. The molecule has 1 aliphatic heterocycles. The minimum Gasteiger partial charge on any atom is -0.740 e. The Balaban J connectivity index is 2.35. The zero-order chi connectivity index (χ0) is 6.69. The minimum absolute atomic E-state index is 0.253. The van der Waals surface area contributed by atoms with Crippen LogP contribution in [0.15, 0.2) is 4.99 Å². The van der Waals surface area contributed by atoms with Gasteiger partial charge in [0.05, 0.1) is 6.54 Å². The van der Waals surface area contributed by atoms with E-state index in [-0.39, 0.29) is 5.23 Å². The molecule has 0 radical (unpaired) electrons. The van der Waals surface area contributed by atoms with Gasteiger partial charge in [0.1, 0.15) is 11.4 Å². The lowest BCUT2D eigenvalue weighted by molar-refractivity contribution is 0.441. The first-order valence-electron chi connectivity index (χ1n) is 2.24. The molecule has 0 aromatic rings. The molecule has 0 aliphatic carbocycles. The van der Waals surface area contributed by atoms with E-state index in [9.17, 15) is 8.76 Å². The second kappa shape index (κ2) is 3.19. The van der Waals surface area contributed by atoms with E-state index in [0.29, 0.717) is 6.54 Å². The molecule has 0 saturated carbocycles. The highest BCUT2D eigenvalue weighted by Gasteiger charge is 2.07. The van der Waals surface area contributed by atoms with E-state index < -0.39 is 11.4 Å². The highest BCUT2D eigenvalue weighted by molar-refractivity contribution is 8.14. The van der Waals surface area contributed by atoms with Crippen LogP contribution < -0.4 is 0 Å². The molecule has 0 amide bonds. The van der Waals surface area contributed by atoms with Gasteiger partial charge in [-0.05, 0) is 0 Å². The van der Waals surface area contributed by atoms with Crippen molar-refractivity contribution >= 4 is 28.4 Å². The average Bonchev–Trinajstić information content (AvgIpc) is 2.15. The van der Waals surface area contributed by atoms with Crippen molar-refractivity contribution in [2.24, 2.45) is 4.99 Å². The van der Waals surface area contributed by atoms with Gasteiger partial charge in [-0.2, -0.15) is 0 Å². The van der Waals surface area contributed by atoms with Crippen LogP contribution in [-0.4, -0.2) is 26.3 Å². The molecule has 4 nitrogen and oxygen atoms in total. The summed E-state index contributed by atoms with van der Waals surface area (Å²) in [6.45, 7) is 0.650. The molecule has 1 aliphatic rings. The number of thioether (sulfide) groups is 1. The molecule has 0 aromatic heterocycles. The fourth-order valence-corrected chi connectivity index (χ4v) is 1.49. The maximum absolute atomic E-state index is 9.84. The Kier molecular flexibility index (Phi) is 2.49. The van der Waals surface area contributed by atoms with Crippen LogP contribution in [-0.2, 0) is 15.5 Å². The number of hydrogen-bond acceptors (Lipinski definition) is 5. The van der Waals surface area contributed by atoms with Crippen LogP contribution in [0.3, 0.4) is 0 Å². The van der Waals surface area contributed by atoms with Gasteiger partial charge in [-0.15, -0.1) is 0 Å². The van der Waals surface area contributed by atoms with Crippen molar-refractivity contribution in [2.75, 3.05) is 12.3 Å². The Morgan fingerprint density at radius 3 is 3.11 bits per heavy atom. The molecular weight excluding hydrogens is 162 g/mol. The maximum atomic E-state index is 9.84. The number of aliphatic imine (C=N–C) groups is 1. The van der Waals surface area contributed by atoms with Gasteiger partial charge in [-0.3, -0.25) is 0 Å². The first kappa shape index (κ1) is 7.04. The van der Waals surface area contributed by atoms with E-state index in [4.69, 9.17) is 0 Å². The first-order valence-corrected chi connectivity index (χ1v) is 4.22. The fraction of sp³-hybridized carbons (Fsp3) is 0.667. The Hall–Kier alpha value is -0.0700. The summed E-state index contributed by atoms with van der Waals surface area (Å²) < 4.78 is 23.9. The lowest BCUT2D eigenvalue weighted by Gasteiger charge is -2.03. The van der Waals surface area contributed by atoms with Crippen LogP contribution in [0.4, 0.5) is 0 Å². The monoisotopic (exact) mass is 166 g/mol. The Morgan fingerprint density at radius 1 is 1.89 bits per heavy atom. The van der Waals surface area contributed by atoms with Crippen molar-refractivity contribution in [2.45, 2.75) is 0 Å². The van der Waals surface area contributed by atoms with Crippen LogP contribution in [0.25, 0.3) is 0 Å². The number of hydrogen-bond donors (Lipinski definition) is 0. The molecule has 1 unspecified atom stereocenters. The Morgan fingerprint density at radius 2 is 2.67 bits per heavy atom. The van der Waals surface area contributed by atoms with E-state index >= 15 is 0 Å². The molecular formula is C3H4NO3S2-. The molecule has 1 rings (SSSR count). The zero-order valence-electron chi connectivity index (χ0n) is 4.40. The van der Waals surface area contributed by atoms with Crippen molar-refractivity contribution in [1.82, 2.24) is 0 Å². The average molecular weight is 166 g/mol. The normalized spacial score (nSPS) is 21.2. The molecule has 0 saturated heterocycles. The van der Waals surface area contributed by atoms with Crippen LogP contribution in [0.1, 0.15) is 0 Å². The van der Waals surface area contributed by atoms with Crippen molar-refractivity contribution in [3.05, 3.63) is 0 Å². The smallest absolute Gasteiger partial charge is 0.261 e. The summed E-state index contributed by atoms with van der Waals surface area (Å²) in [5.41, 5.74) is 0. The highest BCUT2D eigenvalue weighted by Crippen LogP contribution is 2.12. The van der Waals surface area contributed by atoms with Gasteiger partial charge in [0.25, 0.3) is 5.23 Å². The van der Waals surface area contributed by atoms with Crippen molar-refractivity contribution in [3.8, 4) is 0 Å². The third kappa shape index (κ3) is 2.33. The molecule has 1 heterocycles. The summed E-state index contributed by atoms with van der Waals surface area (Å²) >= 11 is -1.15. The van der Waals surface area contributed by atoms with E-state index in [1.807, 2.05) is 0 Å². The molecule has 0 N–H and O–H groups in total. The molecule has 52 valence electrons. The highest BCUT2D eigenvalue weighted by atomic mass is 32.2. The predicted octanol–water partition coefficient (Wildman–Crippen LogP) is -0.100. The summed E-state index contributed by atoms with van der Waals surface area (Å²) in [6, 6.07) is 0. The standard InChI is InChI=1S/C3H5NO3S2/c5-9(6)7-3-4-1-2-8-3/h1-2H2,(H,5,6)/p-1. The second-order valence-corrected chi connectivity index (χ2v) is 2.90. The molecule has 6 heteroatoms. The summed E-state index contributed by atoms with van der Waals surface area (Å²) in [4.78, 5) is 3.74. The summed E-state index contributed by atoms with van der Waals surface area (Å²) in [6.07, 6.45) is 0. The minimum atomic E-state index is -2.46. The van der Waals surface area contributed by atoms with Crippen molar-refractivity contribution < 1.29 is 12.9 Å². The lowest BCUT2D eigenvalue weighted by atomic mass is 10.8. The lowest BCUT2D eigenvalue weighted by Crippen LogP contribution is -1.99. The largest absolute Gasteiger partial charge is 0.740 e. The third-order valence-corrected chi connectivity index (χ3v) is 1.94. The quantitative estimate of drug-likeness (QED) is 0.510. The molecule has 0 bridgehead atoms. The SMILES string of the molecule is O=S([O-])OC1=NCCS1. The van der Waals surface area contributed by atoms with Gasteiger partial charge >= 0.3 is 0 Å². The molecule has 0 spiro atoms. The van der Waals surface area contributed by atoms with Crippen LogP contribution >= 0.6 is 11.8 Å². The van der Waals surface area contributed by atoms with E-state index in [2.05, 4.69) is 9.18 Å². The van der Waals surface area contributed by atoms with Crippen LogP contribution in [0, 0.1) is 0 Å². The fourth-order valence-electron chi connectivity index (χ4n) is 0.424. The van der Waals surface area contributed by atoms with Gasteiger partial charge in [0.15, 0.2) is 0 Å². The van der Waals surface area contributed by atoms with Crippen molar-refractivity contribution in [1.29, 1.82) is 0 Å². The Bertz CT molecular complexity index is 157. The number of nitrogens with zero attached hydrogens (tertiary/aromatic N) is 1. The van der Waals surface area contributed by atoms with Crippen LogP contribution in [0.2, 0.25) is 0 Å². The van der Waals surface area contributed by atoms with E-state index in [1.165, 1.54) is 11.8 Å². The van der Waals surface area contributed by atoms with E-state index in [0.717, 1.165) is 5.75 Å². The van der Waals surface area contributed by atoms with Gasteiger partial charge < -0.3 is 8.74 Å². The number of rotatable bonds is 1. The third-order valence-electron chi connectivity index (χ3n) is 0.697. The topological polar surface area (TPSA) is 61.7 Å². The maximum Gasteiger partial charge on any atom is 0.261 e. The summed E-state index contributed by atoms with van der Waals surface area (Å²) in [5.74, 6) is 0.812. The van der Waals surface area contributed by atoms with Gasteiger partial charge in [0.2, 0.25) is 0 Å². The Labute approximate surface area is 59.2 Å². The first-order chi connectivity index (χ1) is 4.29. The van der Waals surface area contributed by atoms with Crippen LogP contribution in [0.5, 0.6) is 0 Å². The van der Waals surface area contributed by atoms with Gasteiger partial charge in [-0.25, -0.2) is 9.20 Å². The predicted molar refractivity (Wildman–Crippen MR) is 34.8 cm³/mol. The zero-order valence-corrected chi connectivity index (χ0v) is 6.04. The molecule has 9 heavy (non-hydrogen) atoms. The molecule has 0 aromatic carbocycles. The molecule has 0 fully saturated rings. The van der Waals surface area contributed by atoms with Gasteiger partial charge in [0, 0.05) is 5.75 Å².